The van der Waals surface area contributed by atoms with Gasteiger partial charge in [0.1, 0.15) is 16.4 Å². The van der Waals surface area contributed by atoms with Crippen molar-refractivity contribution >= 4 is 27.6 Å². The number of aliphatic carboxylic acids is 1. The molecular weight excluding hydrogens is 529 g/mol. The van der Waals surface area contributed by atoms with Crippen molar-refractivity contribution in [3.63, 3.8) is 0 Å². The van der Waals surface area contributed by atoms with Gasteiger partial charge in [-0.1, -0.05) is 18.2 Å². The Labute approximate surface area is 226 Å². The van der Waals surface area contributed by atoms with E-state index < -0.39 is 21.6 Å². The molecule has 1 aromatic heterocycles. The van der Waals surface area contributed by atoms with Crippen LogP contribution in [-0.4, -0.2) is 48.8 Å². The van der Waals surface area contributed by atoms with Crippen LogP contribution in [0.5, 0.6) is 11.6 Å². The predicted octanol–water partition coefficient (Wildman–Crippen LogP) is 5.56. The third-order valence-electron chi connectivity index (χ3n) is 6.35. The van der Waals surface area contributed by atoms with Gasteiger partial charge < -0.3 is 14.6 Å². The fraction of sp³-hybridized carbons (Fsp3) is 0.357. The fourth-order valence-corrected chi connectivity index (χ4v) is 6.44. The van der Waals surface area contributed by atoms with Crippen molar-refractivity contribution in [3.05, 3.63) is 70.7 Å². The summed E-state index contributed by atoms with van der Waals surface area (Å²) in [7, 11) is -3.09. The van der Waals surface area contributed by atoms with E-state index in [0.717, 1.165) is 39.0 Å². The van der Waals surface area contributed by atoms with Gasteiger partial charge in [0.25, 0.3) is 0 Å². The number of fused-ring (bicyclic) bond motifs is 1. The van der Waals surface area contributed by atoms with Crippen LogP contribution >= 0.6 is 11.8 Å². The molecule has 2 heterocycles. The Morgan fingerprint density at radius 1 is 1.21 bits per heavy atom. The van der Waals surface area contributed by atoms with E-state index in [1.54, 1.807) is 30.9 Å². The maximum absolute atomic E-state index is 15.2. The minimum Gasteiger partial charge on any atom is -0.490 e. The van der Waals surface area contributed by atoms with Crippen LogP contribution in [0.1, 0.15) is 41.0 Å². The number of hydrogen-bond donors (Lipinski definition) is 1. The highest BCUT2D eigenvalue weighted by Crippen LogP contribution is 2.42. The fourth-order valence-electron chi connectivity index (χ4n) is 4.55. The van der Waals surface area contributed by atoms with Crippen LogP contribution in [0.15, 0.2) is 47.5 Å². The molecule has 1 aliphatic rings. The van der Waals surface area contributed by atoms with Crippen LogP contribution < -0.4 is 9.47 Å². The molecule has 0 spiro atoms. The maximum Gasteiger partial charge on any atom is 0.303 e. The second-order valence-corrected chi connectivity index (χ2v) is 12.8. The zero-order chi connectivity index (χ0) is 27.4. The summed E-state index contributed by atoms with van der Waals surface area (Å²) in [5.41, 5.74) is 4.74. The molecule has 38 heavy (non-hydrogen) atoms. The first kappa shape index (κ1) is 27.9. The largest absolute Gasteiger partial charge is 0.490 e. The van der Waals surface area contributed by atoms with Gasteiger partial charge in [0, 0.05) is 35.1 Å². The van der Waals surface area contributed by atoms with Crippen molar-refractivity contribution in [1.82, 2.24) is 4.98 Å². The second kappa shape index (κ2) is 11.7. The van der Waals surface area contributed by atoms with Gasteiger partial charge in [0.2, 0.25) is 5.88 Å². The van der Waals surface area contributed by atoms with Crippen LogP contribution in [0.2, 0.25) is 0 Å². The van der Waals surface area contributed by atoms with Crippen LogP contribution in [0, 0.1) is 19.7 Å². The number of sulfone groups is 1. The molecule has 3 aromatic rings. The Balaban J connectivity index is 1.45. The molecule has 0 unspecified atom stereocenters. The van der Waals surface area contributed by atoms with Gasteiger partial charge in [-0.2, -0.15) is 0 Å². The van der Waals surface area contributed by atoms with Crippen molar-refractivity contribution in [1.29, 1.82) is 0 Å². The highest BCUT2D eigenvalue weighted by Gasteiger charge is 2.26. The normalized spacial score (nSPS) is 14.8. The molecule has 7 nitrogen and oxygen atoms in total. The van der Waals surface area contributed by atoms with E-state index in [4.69, 9.17) is 14.6 Å². The van der Waals surface area contributed by atoms with Crippen molar-refractivity contribution < 1.29 is 32.2 Å². The van der Waals surface area contributed by atoms with Crippen molar-refractivity contribution in [2.45, 2.75) is 44.1 Å². The number of aromatic nitrogens is 1. The number of nitrogens with zero attached hydrogens (tertiary/aromatic N) is 1. The van der Waals surface area contributed by atoms with E-state index in [1.165, 1.54) is 0 Å². The lowest BCUT2D eigenvalue weighted by Gasteiger charge is -2.16. The minimum absolute atomic E-state index is 0.00934. The number of hydrogen-bond acceptors (Lipinski definition) is 7. The van der Waals surface area contributed by atoms with Gasteiger partial charge in [-0.25, -0.2) is 17.8 Å². The van der Waals surface area contributed by atoms with Gasteiger partial charge in [-0.05, 0) is 65.8 Å². The lowest BCUT2D eigenvalue weighted by Crippen LogP contribution is -2.09. The summed E-state index contributed by atoms with van der Waals surface area (Å²) in [5.74, 6) is -0.0364. The third-order valence-corrected chi connectivity index (χ3v) is 8.62. The van der Waals surface area contributed by atoms with Crippen molar-refractivity contribution in [3.8, 4) is 22.8 Å². The van der Waals surface area contributed by atoms with Crippen LogP contribution in [0.3, 0.4) is 0 Å². The summed E-state index contributed by atoms with van der Waals surface area (Å²) >= 11 is 1.61. The number of rotatable bonds is 11. The molecule has 0 saturated heterocycles. The van der Waals surface area contributed by atoms with Gasteiger partial charge in [0.15, 0.2) is 11.6 Å². The van der Waals surface area contributed by atoms with E-state index in [9.17, 15) is 13.2 Å². The molecule has 0 amide bonds. The summed E-state index contributed by atoms with van der Waals surface area (Å²) < 4.78 is 49.2. The van der Waals surface area contributed by atoms with Gasteiger partial charge >= 0.3 is 5.97 Å². The molecule has 0 bridgehead atoms. The van der Waals surface area contributed by atoms with E-state index in [1.807, 2.05) is 37.3 Å². The molecule has 2 aromatic carbocycles. The zero-order valence-corrected chi connectivity index (χ0v) is 23.1. The molecule has 10 heteroatoms. The third kappa shape index (κ3) is 6.85. The molecule has 0 radical (unpaired) electrons. The van der Waals surface area contributed by atoms with Crippen LogP contribution in [-0.2, 0) is 21.2 Å². The number of pyridine rings is 1. The smallest absolute Gasteiger partial charge is 0.303 e. The first-order valence-corrected chi connectivity index (χ1v) is 15.2. The summed E-state index contributed by atoms with van der Waals surface area (Å²) in [4.78, 5) is 16.4. The predicted molar refractivity (Wildman–Crippen MR) is 145 cm³/mol. The van der Waals surface area contributed by atoms with E-state index >= 15 is 4.39 Å². The number of carboxylic acid groups (broad SMARTS) is 1. The van der Waals surface area contributed by atoms with E-state index in [0.29, 0.717) is 23.6 Å². The maximum atomic E-state index is 15.2. The first-order valence-electron chi connectivity index (χ1n) is 12.2. The molecular formula is C28H30FNO6S2. The molecule has 202 valence electrons. The summed E-state index contributed by atoms with van der Waals surface area (Å²) in [6, 6.07) is 11.2. The Morgan fingerprint density at radius 2 is 2.00 bits per heavy atom. The molecule has 1 atom stereocenters. The number of halogens is 1. The Morgan fingerprint density at radius 3 is 2.74 bits per heavy atom. The summed E-state index contributed by atoms with van der Waals surface area (Å²) in [6.07, 6.45) is 3.25. The van der Waals surface area contributed by atoms with Crippen molar-refractivity contribution in [2.75, 3.05) is 24.4 Å². The summed E-state index contributed by atoms with van der Waals surface area (Å²) in [5, 5.41) is 9.10. The average Bonchev–Trinajstić information content (AvgIpc) is 3.24. The van der Waals surface area contributed by atoms with Crippen molar-refractivity contribution in [2.24, 2.45) is 0 Å². The Kier molecular flexibility index (Phi) is 8.62. The van der Waals surface area contributed by atoms with Gasteiger partial charge in [0.05, 0.1) is 18.8 Å². The number of benzene rings is 2. The number of carboxylic acids is 1. The molecule has 0 aliphatic carbocycles. The highest BCUT2D eigenvalue weighted by atomic mass is 32.2. The molecule has 1 N–H and O–H groups in total. The van der Waals surface area contributed by atoms with Crippen LogP contribution in [0.25, 0.3) is 11.1 Å². The van der Waals surface area contributed by atoms with Gasteiger partial charge in [-0.15, -0.1) is 11.8 Å². The lowest BCUT2D eigenvalue weighted by molar-refractivity contribution is -0.137. The Hall–Kier alpha value is -3.11. The quantitative estimate of drug-likeness (QED) is 0.305. The molecule has 1 aliphatic heterocycles. The number of ether oxygens (including phenoxy) is 2. The van der Waals surface area contributed by atoms with E-state index in [2.05, 4.69) is 4.98 Å². The highest BCUT2D eigenvalue weighted by molar-refractivity contribution is 7.99. The summed E-state index contributed by atoms with van der Waals surface area (Å²) in [6.45, 7) is 3.97. The first-order chi connectivity index (χ1) is 18.0. The standard InChI is InChI=1S/C28H30FNO6S2/c1-17-10-23(35-8-5-9-38(3,33)34)28(29)18(2)27(17)20-7-4-6-19(11-20)15-36-25-13-24-22(14-30-25)21(16-37-24)12-26(31)32/h4,6-7,10-11,13-14,21H,5,8-9,12,15-16H2,1-3H3,(H,31,32)/t21-/m0/s1. The number of carbonyl (C=O) groups is 1. The monoisotopic (exact) mass is 559 g/mol. The molecule has 0 saturated carbocycles. The lowest BCUT2D eigenvalue weighted by atomic mass is 9.94. The van der Waals surface area contributed by atoms with Crippen LogP contribution in [0.4, 0.5) is 4.39 Å². The zero-order valence-electron chi connectivity index (χ0n) is 21.5. The number of thioether (sulfide) groups is 1. The Bertz CT molecular complexity index is 1460. The topological polar surface area (TPSA) is 103 Å². The number of aryl methyl sites for hydroxylation is 1. The minimum atomic E-state index is -3.09. The molecule has 0 fully saturated rings. The molecule has 4 rings (SSSR count). The van der Waals surface area contributed by atoms with Gasteiger partial charge in [-0.3, -0.25) is 4.79 Å². The second-order valence-electron chi connectivity index (χ2n) is 9.49. The average molecular weight is 560 g/mol. The SMILES string of the molecule is Cc1cc(OCCCS(C)(=O)=O)c(F)c(C)c1-c1cccc(COc2cc3c(cn2)[C@@H](CC(=O)O)CS3)c1. The van der Waals surface area contributed by atoms with E-state index in [-0.39, 0.29) is 37.1 Å².